The van der Waals surface area contributed by atoms with Gasteiger partial charge in [-0.15, -0.1) is 0 Å². The number of hydrogen-bond acceptors (Lipinski definition) is 2. The molecule has 74 valence electrons. The van der Waals surface area contributed by atoms with Crippen LogP contribution in [0.5, 0.6) is 0 Å². The van der Waals surface area contributed by atoms with Gasteiger partial charge in [-0.25, -0.2) is 13.6 Å². The fourth-order valence-corrected chi connectivity index (χ4v) is 1.74. The summed E-state index contributed by atoms with van der Waals surface area (Å²) in [5.74, 6) is -3.37. The molecule has 1 heterocycles. The number of carbonyl (C=O) groups excluding carboxylic acids is 1. The number of carbonyl (C=O) groups is 1. The molecule has 1 aromatic rings. The van der Waals surface area contributed by atoms with Gasteiger partial charge >= 0.3 is 5.97 Å². The molecule has 1 aromatic carbocycles. The van der Waals surface area contributed by atoms with Crippen LogP contribution in [-0.2, 0) is 11.3 Å². The predicted octanol–water partition coefficient (Wildman–Crippen LogP) is 2.94. The number of cyclic esters (lactones) is 1. The molecule has 0 fully saturated rings. The number of esters is 1. The first kappa shape index (κ1) is 9.68. The molecule has 0 saturated carbocycles. The van der Waals surface area contributed by atoms with Crippen molar-refractivity contribution in [3.05, 3.63) is 32.8 Å². The Bertz CT molecular complexity index is 446. The van der Waals surface area contributed by atoms with Crippen LogP contribution >= 0.6 is 23.2 Å². The van der Waals surface area contributed by atoms with Crippen molar-refractivity contribution >= 4 is 29.2 Å². The maximum atomic E-state index is 13.0. The topological polar surface area (TPSA) is 26.3 Å². The number of rotatable bonds is 0. The summed E-state index contributed by atoms with van der Waals surface area (Å²) in [6.45, 7) is -0.177. The van der Waals surface area contributed by atoms with Gasteiger partial charge in [-0.1, -0.05) is 23.2 Å². The Balaban J connectivity index is 2.84. The Morgan fingerprint density at radius 3 is 2.36 bits per heavy atom. The van der Waals surface area contributed by atoms with Crippen molar-refractivity contribution in [2.75, 3.05) is 0 Å². The minimum Gasteiger partial charge on any atom is -0.457 e. The van der Waals surface area contributed by atoms with Crippen molar-refractivity contribution in [3.8, 4) is 0 Å². The first-order chi connectivity index (χ1) is 6.54. The van der Waals surface area contributed by atoms with Crippen LogP contribution in [0.2, 0.25) is 10.0 Å². The second-order valence-corrected chi connectivity index (χ2v) is 3.44. The molecule has 2 nitrogen and oxygen atoms in total. The van der Waals surface area contributed by atoms with E-state index < -0.39 is 27.6 Å². The van der Waals surface area contributed by atoms with E-state index in [-0.39, 0.29) is 17.7 Å². The Morgan fingerprint density at radius 2 is 1.71 bits per heavy atom. The Morgan fingerprint density at radius 1 is 1.14 bits per heavy atom. The van der Waals surface area contributed by atoms with Crippen LogP contribution in [0.15, 0.2) is 0 Å². The number of ether oxygens (including phenoxy) is 1. The molecule has 0 aliphatic carbocycles. The Labute approximate surface area is 87.4 Å². The summed E-state index contributed by atoms with van der Waals surface area (Å²) in [5, 5.41) is -1.03. The van der Waals surface area contributed by atoms with E-state index in [4.69, 9.17) is 23.2 Å². The first-order valence-corrected chi connectivity index (χ1v) is 4.31. The van der Waals surface area contributed by atoms with E-state index in [1.807, 2.05) is 0 Å². The summed E-state index contributed by atoms with van der Waals surface area (Å²) in [6, 6.07) is 0. The molecule has 0 bridgehead atoms. The van der Waals surface area contributed by atoms with Gasteiger partial charge in [0, 0.05) is 5.56 Å². The third-order valence-electron chi connectivity index (χ3n) is 1.92. The molecule has 0 unspecified atom stereocenters. The summed E-state index contributed by atoms with van der Waals surface area (Å²) >= 11 is 10.9. The van der Waals surface area contributed by atoms with E-state index in [0.717, 1.165) is 0 Å². The highest BCUT2D eigenvalue weighted by Crippen LogP contribution is 2.37. The van der Waals surface area contributed by atoms with Crippen molar-refractivity contribution in [1.82, 2.24) is 0 Å². The lowest BCUT2D eigenvalue weighted by atomic mass is 10.1. The number of hydrogen-bond donors (Lipinski definition) is 0. The van der Waals surface area contributed by atoms with Gasteiger partial charge in [-0.3, -0.25) is 0 Å². The summed E-state index contributed by atoms with van der Waals surface area (Å²) < 4.78 is 30.6. The second kappa shape index (κ2) is 3.07. The van der Waals surface area contributed by atoms with Gasteiger partial charge in [0.15, 0.2) is 11.6 Å². The summed E-state index contributed by atoms with van der Waals surface area (Å²) in [4.78, 5) is 11.0. The molecule has 0 saturated heterocycles. The van der Waals surface area contributed by atoms with Gasteiger partial charge in [0.25, 0.3) is 0 Å². The van der Waals surface area contributed by atoms with E-state index in [2.05, 4.69) is 4.74 Å². The number of benzene rings is 1. The van der Waals surface area contributed by atoms with Crippen molar-refractivity contribution in [3.63, 3.8) is 0 Å². The molecule has 1 aliphatic rings. The molecule has 0 radical (unpaired) electrons. The zero-order valence-electron chi connectivity index (χ0n) is 6.54. The Kier molecular flexibility index (Phi) is 2.12. The zero-order chi connectivity index (χ0) is 10.5. The van der Waals surface area contributed by atoms with E-state index in [1.54, 1.807) is 0 Å². The highest BCUT2D eigenvalue weighted by Gasteiger charge is 2.32. The highest BCUT2D eigenvalue weighted by atomic mass is 35.5. The zero-order valence-corrected chi connectivity index (χ0v) is 8.05. The van der Waals surface area contributed by atoms with Crippen LogP contribution in [0, 0.1) is 11.6 Å². The third-order valence-corrected chi connectivity index (χ3v) is 2.67. The van der Waals surface area contributed by atoms with Gasteiger partial charge in [-0.05, 0) is 0 Å². The summed E-state index contributed by atoms with van der Waals surface area (Å²) in [5.41, 5.74) is -0.0869. The SMILES string of the molecule is O=C1OCc2c(Cl)c(F)c(F)c(Cl)c21. The largest absolute Gasteiger partial charge is 0.457 e. The van der Waals surface area contributed by atoms with E-state index in [1.165, 1.54) is 0 Å². The molecule has 0 atom stereocenters. The van der Waals surface area contributed by atoms with Gasteiger partial charge in [-0.2, -0.15) is 0 Å². The molecule has 2 rings (SSSR count). The van der Waals surface area contributed by atoms with Crippen LogP contribution in [-0.4, -0.2) is 5.97 Å². The summed E-state index contributed by atoms with van der Waals surface area (Å²) in [7, 11) is 0. The standard InChI is InChI=1S/C8H2Cl2F2O2/c9-4-2-1-14-8(13)3(2)5(10)7(12)6(4)11/h1H2. The van der Waals surface area contributed by atoms with Crippen LogP contribution in [0.25, 0.3) is 0 Å². The van der Waals surface area contributed by atoms with E-state index >= 15 is 0 Å². The lowest BCUT2D eigenvalue weighted by Crippen LogP contribution is -2.00. The molecule has 0 N–H and O–H groups in total. The van der Waals surface area contributed by atoms with Crippen molar-refractivity contribution in [1.29, 1.82) is 0 Å². The van der Waals surface area contributed by atoms with E-state index in [9.17, 15) is 13.6 Å². The van der Waals surface area contributed by atoms with Crippen molar-refractivity contribution in [2.45, 2.75) is 6.61 Å². The lowest BCUT2D eigenvalue weighted by molar-refractivity contribution is 0.0535. The number of halogens is 4. The average Bonchev–Trinajstić information content (AvgIpc) is 2.54. The minimum atomic E-state index is -1.32. The maximum absolute atomic E-state index is 13.0. The van der Waals surface area contributed by atoms with Crippen molar-refractivity contribution < 1.29 is 18.3 Å². The van der Waals surface area contributed by atoms with Crippen LogP contribution in [0.4, 0.5) is 8.78 Å². The van der Waals surface area contributed by atoms with Gasteiger partial charge in [0.1, 0.15) is 6.61 Å². The second-order valence-electron chi connectivity index (χ2n) is 2.69. The normalized spacial score (nSPS) is 14.1. The smallest absolute Gasteiger partial charge is 0.340 e. The molecule has 14 heavy (non-hydrogen) atoms. The van der Waals surface area contributed by atoms with Gasteiger partial charge in [0.2, 0.25) is 0 Å². The molecule has 6 heteroatoms. The van der Waals surface area contributed by atoms with E-state index in [0.29, 0.717) is 0 Å². The minimum absolute atomic E-state index is 0.0977. The Hall–Kier alpha value is -0.870. The molecule has 0 aromatic heterocycles. The lowest BCUT2D eigenvalue weighted by Gasteiger charge is -2.03. The fourth-order valence-electron chi connectivity index (χ4n) is 1.24. The van der Waals surface area contributed by atoms with Crippen LogP contribution < -0.4 is 0 Å². The van der Waals surface area contributed by atoms with Gasteiger partial charge in [0.05, 0.1) is 15.6 Å². The van der Waals surface area contributed by atoms with Crippen LogP contribution in [0.3, 0.4) is 0 Å². The molecular weight excluding hydrogens is 237 g/mol. The van der Waals surface area contributed by atoms with Crippen molar-refractivity contribution in [2.24, 2.45) is 0 Å². The van der Waals surface area contributed by atoms with Gasteiger partial charge < -0.3 is 4.74 Å². The maximum Gasteiger partial charge on any atom is 0.340 e. The molecule has 1 aliphatic heterocycles. The van der Waals surface area contributed by atoms with Crippen LogP contribution in [0.1, 0.15) is 15.9 Å². The molecule has 0 spiro atoms. The fraction of sp³-hybridized carbons (Fsp3) is 0.125. The summed E-state index contributed by atoms with van der Waals surface area (Å²) in [6.07, 6.45) is 0. The first-order valence-electron chi connectivity index (χ1n) is 3.56. The highest BCUT2D eigenvalue weighted by molar-refractivity contribution is 6.36. The predicted molar refractivity (Wildman–Crippen MR) is 45.5 cm³/mol. The quantitative estimate of drug-likeness (QED) is 0.395. The third kappa shape index (κ3) is 1.11. The monoisotopic (exact) mass is 238 g/mol. The molecule has 0 amide bonds. The molecular formula is C8H2Cl2F2O2. The average molecular weight is 239 g/mol. The number of fused-ring (bicyclic) bond motifs is 1.